The summed E-state index contributed by atoms with van der Waals surface area (Å²) in [6, 6.07) is 13.4. The standard InChI is InChI=1S/C25H33N/c1-6-9-10-14-23-16-20(5)24(18-22(23)7-2)25(26-8-3)17-21-13-11-12-19(4)15-21/h8,11-13,15-16,18H,3,6-7,9-10,14,17H2,1-2,4-5H3/b26-25-. The molecular formula is C25H33N. The SMILES string of the molecule is C=C/N=C(/Cc1cccc(C)c1)c1cc(CC)c(CCCCC)cc1C. The number of unbranched alkanes of at least 4 members (excludes halogenated alkanes) is 2. The van der Waals surface area contributed by atoms with E-state index in [2.05, 4.69) is 75.7 Å². The van der Waals surface area contributed by atoms with Gasteiger partial charge in [0.05, 0.1) is 5.71 Å². The van der Waals surface area contributed by atoms with Crippen molar-refractivity contribution in [3.63, 3.8) is 0 Å². The van der Waals surface area contributed by atoms with Gasteiger partial charge in [-0.15, -0.1) is 0 Å². The van der Waals surface area contributed by atoms with Crippen LogP contribution in [0.5, 0.6) is 0 Å². The van der Waals surface area contributed by atoms with E-state index in [1.807, 2.05) is 0 Å². The molecule has 0 bridgehead atoms. The average Bonchev–Trinajstić information content (AvgIpc) is 2.62. The Hall–Kier alpha value is -2.15. The third kappa shape index (κ3) is 5.42. The van der Waals surface area contributed by atoms with Gasteiger partial charge in [-0.05, 0) is 67.0 Å². The average molecular weight is 348 g/mol. The van der Waals surface area contributed by atoms with Gasteiger partial charge in [0.1, 0.15) is 0 Å². The number of aliphatic imine (C=N–C) groups is 1. The molecule has 0 atom stereocenters. The maximum atomic E-state index is 4.64. The van der Waals surface area contributed by atoms with Crippen molar-refractivity contribution in [2.45, 2.75) is 66.2 Å². The molecular weight excluding hydrogens is 314 g/mol. The fourth-order valence-corrected chi connectivity index (χ4v) is 3.59. The van der Waals surface area contributed by atoms with E-state index in [-0.39, 0.29) is 0 Å². The minimum atomic E-state index is 0.840. The molecule has 0 aliphatic heterocycles. The lowest BCUT2D eigenvalue weighted by atomic mass is 9.90. The van der Waals surface area contributed by atoms with Crippen molar-refractivity contribution in [3.8, 4) is 0 Å². The quantitative estimate of drug-likeness (QED) is 0.350. The molecule has 0 unspecified atom stereocenters. The van der Waals surface area contributed by atoms with Gasteiger partial charge in [0.15, 0.2) is 0 Å². The summed E-state index contributed by atoms with van der Waals surface area (Å²) in [5.74, 6) is 0. The van der Waals surface area contributed by atoms with Crippen molar-refractivity contribution >= 4 is 5.71 Å². The first-order chi connectivity index (χ1) is 12.6. The molecule has 1 nitrogen and oxygen atoms in total. The highest BCUT2D eigenvalue weighted by Crippen LogP contribution is 2.22. The third-order valence-corrected chi connectivity index (χ3v) is 4.99. The van der Waals surface area contributed by atoms with Crippen LogP contribution >= 0.6 is 0 Å². The van der Waals surface area contributed by atoms with E-state index in [1.54, 1.807) is 6.20 Å². The van der Waals surface area contributed by atoms with Crippen LogP contribution in [0, 0.1) is 13.8 Å². The number of hydrogen-bond acceptors (Lipinski definition) is 1. The molecule has 0 saturated heterocycles. The summed E-state index contributed by atoms with van der Waals surface area (Å²) in [6.07, 6.45) is 8.62. The second kappa shape index (κ2) is 10.1. The minimum Gasteiger partial charge on any atom is -0.261 e. The zero-order chi connectivity index (χ0) is 18.9. The van der Waals surface area contributed by atoms with Crippen molar-refractivity contribution in [2.24, 2.45) is 4.99 Å². The first kappa shape index (κ1) is 20.2. The smallest absolute Gasteiger partial charge is 0.0522 e. The van der Waals surface area contributed by atoms with Gasteiger partial charge in [0.25, 0.3) is 0 Å². The van der Waals surface area contributed by atoms with Crippen molar-refractivity contribution in [1.82, 2.24) is 0 Å². The van der Waals surface area contributed by atoms with Crippen LogP contribution < -0.4 is 0 Å². The highest BCUT2D eigenvalue weighted by molar-refractivity contribution is 6.03. The van der Waals surface area contributed by atoms with Crippen LogP contribution in [0.4, 0.5) is 0 Å². The summed E-state index contributed by atoms with van der Waals surface area (Å²) >= 11 is 0. The van der Waals surface area contributed by atoms with E-state index in [1.165, 1.54) is 59.1 Å². The van der Waals surface area contributed by atoms with Gasteiger partial charge in [-0.2, -0.15) is 0 Å². The van der Waals surface area contributed by atoms with E-state index in [9.17, 15) is 0 Å². The summed E-state index contributed by atoms with van der Waals surface area (Å²) in [7, 11) is 0. The zero-order valence-corrected chi connectivity index (χ0v) is 16.9. The number of nitrogens with zero attached hydrogens (tertiary/aromatic N) is 1. The van der Waals surface area contributed by atoms with Gasteiger partial charge in [0, 0.05) is 12.6 Å². The Morgan fingerprint density at radius 1 is 1.04 bits per heavy atom. The molecule has 0 radical (unpaired) electrons. The largest absolute Gasteiger partial charge is 0.261 e. The second-order valence-corrected chi connectivity index (χ2v) is 7.17. The van der Waals surface area contributed by atoms with Gasteiger partial charge in [-0.25, -0.2) is 0 Å². The second-order valence-electron chi connectivity index (χ2n) is 7.17. The monoisotopic (exact) mass is 347 g/mol. The van der Waals surface area contributed by atoms with E-state index in [0.29, 0.717) is 0 Å². The molecule has 0 aliphatic rings. The van der Waals surface area contributed by atoms with Crippen LogP contribution in [-0.4, -0.2) is 5.71 Å². The van der Waals surface area contributed by atoms with Crippen molar-refractivity contribution in [3.05, 3.63) is 82.6 Å². The van der Waals surface area contributed by atoms with Crippen LogP contribution in [-0.2, 0) is 19.3 Å². The van der Waals surface area contributed by atoms with Gasteiger partial charge >= 0.3 is 0 Å². The Morgan fingerprint density at radius 3 is 2.50 bits per heavy atom. The minimum absolute atomic E-state index is 0.840. The molecule has 138 valence electrons. The maximum Gasteiger partial charge on any atom is 0.0522 e. The summed E-state index contributed by atoms with van der Waals surface area (Å²) in [5, 5.41) is 0. The van der Waals surface area contributed by atoms with Crippen LogP contribution in [0.15, 0.2) is 54.2 Å². The Kier molecular flexibility index (Phi) is 7.84. The van der Waals surface area contributed by atoms with Gasteiger partial charge in [-0.1, -0.05) is 69.2 Å². The molecule has 2 aromatic carbocycles. The summed E-state index contributed by atoms with van der Waals surface area (Å²) in [5.41, 5.74) is 9.26. The highest BCUT2D eigenvalue weighted by atomic mass is 14.7. The predicted octanol–water partition coefficient (Wildman–Crippen LogP) is 6.77. The Labute approximate surface area is 159 Å². The molecule has 1 heteroatoms. The third-order valence-electron chi connectivity index (χ3n) is 4.99. The van der Waals surface area contributed by atoms with Gasteiger partial charge in [-0.3, -0.25) is 4.99 Å². The fraction of sp³-hybridized carbons (Fsp3) is 0.400. The molecule has 0 saturated carbocycles. The molecule has 0 N–H and O–H groups in total. The Bertz CT molecular complexity index is 768. The van der Waals surface area contributed by atoms with Gasteiger partial charge < -0.3 is 0 Å². The highest BCUT2D eigenvalue weighted by Gasteiger charge is 2.12. The Balaban J connectivity index is 2.36. The van der Waals surface area contributed by atoms with E-state index < -0.39 is 0 Å². The fourth-order valence-electron chi connectivity index (χ4n) is 3.59. The van der Waals surface area contributed by atoms with Crippen molar-refractivity contribution in [1.29, 1.82) is 0 Å². The molecule has 0 spiro atoms. The number of benzene rings is 2. The first-order valence-corrected chi connectivity index (χ1v) is 9.94. The van der Waals surface area contributed by atoms with E-state index in [4.69, 9.17) is 0 Å². The maximum absolute atomic E-state index is 4.64. The van der Waals surface area contributed by atoms with Crippen LogP contribution in [0.3, 0.4) is 0 Å². The number of rotatable bonds is 9. The molecule has 0 aromatic heterocycles. The normalized spacial score (nSPS) is 11.6. The lowest BCUT2D eigenvalue weighted by Gasteiger charge is -2.16. The topological polar surface area (TPSA) is 12.4 Å². The molecule has 2 rings (SSSR count). The summed E-state index contributed by atoms with van der Waals surface area (Å²) in [4.78, 5) is 4.64. The molecule has 0 heterocycles. The molecule has 26 heavy (non-hydrogen) atoms. The Morgan fingerprint density at radius 2 is 1.85 bits per heavy atom. The van der Waals surface area contributed by atoms with Crippen LogP contribution in [0.2, 0.25) is 0 Å². The summed E-state index contributed by atoms with van der Waals surface area (Å²) < 4.78 is 0. The van der Waals surface area contributed by atoms with Crippen molar-refractivity contribution in [2.75, 3.05) is 0 Å². The molecule has 0 aliphatic carbocycles. The zero-order valence-electron chi connectivity index (χ0n) is 16.9. The molecule has 2 aromatic rings. The molecule has 0 amide bonds. The van der Waals surface area contributed by atoms with Crippen LogP contribution in [0.25, 0.3) is 0 Å². The number of aryl methyl sites for hydroxylation is 4. The summed E-state index contributed by atoms with van der Waals surface area (Å²) in [6.45, 7) is 12.7. The van der Waals surface area contributed by atoms with Crippen molar-refractivity contribution < 1.29 is 0 Å². The van der Waals surface area contributed by atoms with Gasteiger partial charge in [0.2, 0.25) is 0 Å². The molecule has 0 fully saturated rings. The van der Waals surface area contributed by atoms with E-state index >= 15 is 0 Å². The van der Waals surface area contributed by atoms with Crippen LogP contribution in [0.1, 0.15) is 66.5 Å². The lowest BCUT2D eigenvalue weighted by molar-refractivity contribution is 0.713. The first-order valence-electron chi connectivity index (χ1n) is 9.94. The van der Waals surface area contributed by atoms with E-state index in [0.717, 1.165) is 18.6 Å². The number of hydrogen-bond donors (Lipinski definition) is 0. The lowest BCUT2D eigenvalue weighted by Crippen LogP contribution is -2.09. The predicted molar refractivity (Wildman–Crippen MR) is 115 cm³/mol.